The lowest BCUT2D eigenvalue weighted by molar-refractivity contribution is 0.194. The lowest BCUT2D eigenvalue weighted by Crippen LogP contribution is -2.40. The van der Waals surface area contributed by atoms with Crippen molar-refractivity contribution in [3.63, 3.8) is 0 Å². The molecule has 0 saturated carbocycles. The van der Waals surface area contributed by atoms with Crippen LogP contribution >= 0.6 is 15.9 Å². The van der Waals surface area contributed by atoms with Crippen molar-refractivity contribution in [2.24, 2.45) is 0 Å². The van der Waals surface area contributed by atoms with Crippen molar-refractivity contribution >= 4 is 21.6 Å². The van der Waals surface area contributed by atoms with Gasteiger partial charge in [0.1, 0.15) is 0 Å². The lowest BCUT2D eigenvalue weighted by atomic mass is 10.0. The Kier molecular flexibility index (Phi) is 4.62. The van der Waals surface area contributed by atoms with Crippen molar-refractivity contribution in [3.8, 4) is 6.07 Å². The number of rotatable bonds is 3. The van der Waals surface area contributed by atoms with Gasteiger partial charge in [-0.15, -0.1) is 0 Å². The molecule has 1 heterocycles. The molecular formula is C14H18BrN3. The molecule has 1 saturated heterocycles. The number of halogens is 1. The fourth-order valence-corrected chi connectivity index (χ4v) is 2.89. The van der Waals surface area contributed by atoms with Crippen LogP contribution in [-0.4, -0.2) is 31.1 Å². The molecule has 1 aromatic carbocycles. The predicted molar refractivity (Wildman–Crippen MR) is 77.6 cm³/mol. The molecule has 0 radical (unpaired) electrons. The van der Waals surface area contributed by atoms with Crippen LogP contribution in [0.15, 0.2) is 22.7 Å². The van der Waals surface area contributed by atoms with Crippen LogP contribution in [0.2, 0.25) is 0 Å². The van der Waals surface area contributed by atoms with E-state index in [-0.39, 0.29) is 0 Å². The first-order chi connectivity index (χ1) is 8.69. The van der Waals surface area contributed by atoms with Crippen molar-refractivity contribution in [1.82, 2.24) is 4.90 Å². The molecule has 1 fully saturated rings. The van der Waals surface area contributed by atoms with Crippen molar-refractivity contribution < 1.29 is 0 Å². The van der Waals surface area contributed by atoms with E-state index in [4.69, 9.17) is 5.26 Å². The Bertz CT molecular complexity index is 453. The highest BCUT2D eigenvalue weighted by molar-refractivity contribution is 9.10. The second-order valence-electron chi connectivity index (χ2n) is 4.85. The first kappa shape index (κ1) is 13.4. The summed E-state index contributed by atoms with van der Waals surface area (Å²) in [6.45, 7) is 2.13. The van der Waals surface area contributed by atoms with Gasteiger partial charge in [0.15, 0.2) is 0 Å². The number of hydrogen-bond acceptors (Lipinski definition) is 3. The van der Waals surface area contributed by atoms with Gasteiger partial charge in [0.2, 0.25) is 0 Å². The quantitative estimate of drug-likeness (QED) is 0.932. The minimum absolute atomic E-state index is 0.600. The molecule has 1 aromatic rings. The average Bonchev–Trinajstić information content (AvgIpc) is 2.37. The topological polar surface area (TPSA) is 39.1 Å². The molecule has 3 nitrogen and oxygen atoms in total. The van der Waals surface area contributed by atoms with Gasteiger partial charge in [0, 0.05) is 22.7 Å². The van der Waals surface area contributed by atoms with Crippen LogP contribution in [0.25, 0.3) is 0 Å². The molecule has 0 aromatic heterocycles. The Morgan fingerprint density at radius 3 is 3.00 bits per heavy atom. The highest BCUT2D eigenvalue weighted by Gasteiger charge is 2.18. The third kappa shape index (κ3) is 3.47. The third-order valence-corrected chi connectivity index (χ3v) is 3.95. The van der Waals surface area contributed by atoms with Crippen LogP contribution in [0.1, 0.15) is 24.8 Å². The molecule has 1 atom stereocenters. The summed E-state index contributed by atoms with van der Waals surface area (Å²) in [5, 5.41) is 12.4. The molecule has 1 unspecified atom stereocenters. The van der Waals surface area contributed by atoms with Gasteiger partial charge in [-0.1, -0.05) is 22.4 Å². The number of piperidine rings is 1. The molecular weight excluding hydrogens is 290 g/mol. The Balaban J connectivity index is 1.97. The largest absolute Gasteiger partial charge is 0.383 e. The predicted octanol–water partition coefficient (Wildman–Crippen LogP) is 3.22. The molecule has 96 valence electrons. The zero-order chi connectivity index (χ0) is 13.0. The summed E-state index contributed by atoms with van der Waals surface area (Å²) in [7, 11) is 2.19. The second-order valence-corrected chi connectivity index (χ2v) is 5.77. The van der Waals surface area contributed by atoms with E-state index in [1.807, 2.05) is 18.2 Å². The van der Waals surface area contributed by atoms with Gasteiger partial charge in [-0.05, 0) is 44.6 Å². The first-order valence-electron chi connectivity index (χ1n) is 6.34. The smallest absolute Gasteiger partial charge is 0.0992 e. The Morgan fingerprint density at radius 2 is 2.28 bits per heavy atom. The van der Waals surface area contributed by atoms with E-state index in [1.165, 1.54) is 25.8 Å². The Morgan fingerprint density at radius 1 is 1.44 bits per heavy atom. The number of likely N-dealkylation sites (N-methyl/N-ethyl adjacent to an activating group) is 1. The fourth-order valence-electron chi connectivity index (χ4n) is 2.39. The van der Waals surface area contributed by atoms with E-state index in [9.17, 15) is 0 Å². The minimum Gasteiger partial charge on any atom is -0.383 e. The number of nitrogens with one attached hydrogen (secondary N) is 1. The van der Waals surface area contributed by atoms with Crippen molar-refractivity contribution in [3.05, 3.63) is 28.2 Å². The van der Waals surface area contributed by atoms with Crippen molar-refractivity contribution in [2.75, 3.05) is 25.5 Å². The summed E-state index contributed by atoms with van der Waals surface area (Å²) in [6, 6.07) is 8.52. The standard InChI is InChI=1S/C14H18BrN3/c1-18-5-3-2-4-14(18)10-17-13-7-11(9-16)6-12(15)8-13/h6-8,14,17H,2-5,10H2,1H3. The number of benzene rings is 1. The van der Waals surface area contributed by atoms with Crippen LogP contribution in [-0.2, 0) is 0 Å². The zero-order valence-electron chi connectivity index (χ0n) is 10.6. The number of anilines is 1. The summed E-state index contributed by atoms with van der Waals surface area (Å²) in [5.74, 6) is 0. The van der Waals surface area contributed by atoms with Gasteiger partial charge in [-0.3, -0.25) is 0 Å². The van der Waals surface area contributed by atoms with E-state index in [2.05, 4.69) is 39.3 Å². The number of nitriles is 1. The normalized spacial score (nSPS) is 20.4. The lowest BCUT2D eigenvalue weighted by Gasteiger charge is -2.32. The molecule has 0 amide bonds. The van der Waals surface area contributed by atoms with Gasteiger partial charge in [0.25, 0.3) is 0 Å². The molecule has 2 rings (SSSR count). The van der Waals surface area contributed by atoms with Gasteiger partial charge in [-0.2, -0.15) is 5.26 Å². The van der Waals surface area contributed by atoms with Crippen LogP contribution in [0.5, 0.6) is 0 Å². The molecule has 0 aliphatic carbocycles. The highest BCUT2D eigenvalue weighted by atomic mass is 79.9. The van der Waals surface area contributed by atoms with Gasteiger partial charge < -0.3 is 10.2 Å². The molecule has 4 heteroatoms. The number of hydrogen-bond donors (Lipinski definition) is 1. The maximum atomic E-state index is 8.94. The summed E-state index contributed by atoms with van der Waals surface area (Å²) >= 11 is 3.43. The van der Waals surface area contributed by atoms with Crippen molar-refractivity contribution in [1.29, 1.82) is 5.26 Å². The SMILES string of the molecule is CN1CCCCC1CNc1cc(Br)cc(C#N)c1. The van der Waals surface area contributed by atoms with Crippen LogP contribution in [0, 0.1) is 11.3 Å². The van der Waals surface area contributed by atoms with E-state index >= 15 is 0 Å². The maximum absolute atomic E-state index is 8.94. The Hall–Kier alpha value is -1.05. The summed E-state index contributed by atoms with van der Waals surface area (Å²) in [4.78, 5) is 2.42. The zero-order valence-corrected chi connectivity index (χ0v) is 12.2. The third-order valence-electron chi connectivity index (χ3n) is 3.49. The molecule has 1 N–H and O–H groups in total. The van der Waals surface area contributed by atoms with Crippen LogP contribution < -0.4 is 5.32 Å². The highest BCUT2D eigenvalue weighted by Crippen LogP contribution is 2.20. The molecule has 0 bridgehead atoms. The monoisotopic (exact) mass is 307 g/mol. The maximum Gasteiger partial charge on any atom is 0.0992 e. The summed E-state index contributed by atoms with van der Waals surface area (Å²) in [5.41, 5.74) is 1.70. The average molecular weight is 308 g/mol. The summed E-state index contributed by atoms with van der Waals surface area (Å²) in [6.07, 6.45) is 3.88. The number of nitrogens with zero attached hydrogens (tertiary/aromatic N) is 2. The van der Waals surface area contributed by atoms with E-state index in [0.29, 0.717) is 11.6 Å². The van der Waals surface area contributed by atoms with E-state index < -0.39 is 0 Å². The van der Waals surface area contributed by atoms with Gasteiger partial charge in [-0.25, -0.2) is 0 Å². The van der Waals surface area contributed by atoms with Crippen molar-refractivity contribution in [2.45, 2.75) is 25.3 Å². The molecule has 18 heavy (non-hydrogen) atoms. The van der Waals surface area contributed by atoms with Crippen LogP contribution in [0.3, 0.4) is 0 Å². The second kappa shape index (κ2) is 6.21. The first-order valence-corrected chi connectivity index (χ1v) is 7.13. The van der Waals surface area contributed by atoms with Crippen LogP contribution in [0.4, 0.5) is 5.69 Å². The van der Waals surface area contributed by atoms with E-state index in [1.54, 1.807) is 0 Å². The van der Waals surface area contributed by atoms with Gasteiger partial charge >= 0.3 is 0 Å². The molecule has 1 aliphatic heterocycles. The summed E-state index contributed by atoms with van der Waals surface area (Å²) < 4.78 is 0.945. The Labute approximate surface area is 117 Å². The minimum atomic E-state index is 0.600. The fraction of sp³-hybridized carbons (Fsp3) is 0.500. The molecule has 0 spiro atoms. The van der Waals surface area contributed by atoms with Gasteiger partial charge in [0.05, 0.1) is 11.6 Å². The van der Waals surface area contributed by atoms with E-state index in [0.717, 1.165) is 16.7 Å². The molecule has 1 aliphatic rings. The number of likely N-dealkylation sites (tertiary alicyclic amines) is 1.